The molecule has 292 valence electrons. The molecule has 62 heavy (non-hydrogen) atoms. The van der Waals surface area contributed by atoms with Gasteiger partial charge in [0.1, 0.15) is 0 Å². The number of anilines is 6. The summed E-state index contributed by atoms with van der Waals surface area (Å²) in [4.78, 5) is 4.72. The van der Waals surface area contributed by atoms with Gasteiger partial charge < -0.3 is 9.80 Å². The average Bonchev–Trinajstić information content (AvgIpc) is 3.88. The molecule has 0 aliphatic heterocycles. The van der Waals surface area contributed by atoms with Crippen LogP contribution in [-0.2, 0) is 0 Å². The molecule has 0 N–H and O–H groups in total. The van der Waals surface area contributed by atoms with Gasteiger partial charge in [-0.2, -0.15) is 0 Å². The first-order chi connectivity index (χ1) is 30.7. The van der Waals surface area contributed by atoms with Gasteiger partial charge in [0, 0.05) is 74.5 Å². The Morgan fingerprint density at radius 3 is 0.935 bits per heavy atom. The Hall–Kier alpha value is -7.50. The van der Waals surface area contributed by atoms with Gasteiger partial charge in [-0.1, -0.05) is 133 Å². The van der Waals surface area contributed by atoms with Crippen LogP contribution in [0.25, 0.3) is 73.4 Å². The smallest absolute Gasteiger partial charge is 0.0476 e. The molecular weight excluding hydrogens is 789 g/mol. The number of para-hydroxylation sites is 2. The SMILES string of the molecule is c1ccc(-c2ccc(N(c3ccccc3)c3ccc4c(c3)sc3cc5cc6sc7cc(N(c8ccccc8)c8ccc(-c9ccccc9)cc8)ccc7c6cc5cc34)cc2)cc1. The fraction of sp³-hybridized carbons (Fsp3) is 0. The highest BCUT2D eigenvalue weighted by molar-refractivity contribution is 7.26. The summed E-state index contributed by atoms with van der Waals surface area (Å²) in [6, 6.07) is 83.9. The zero-order chi connectivity index (χ0) is 41.0. The second-order valence-corrected chi connectivity index (χ2v) is 17.9. The second kappa shape index (κ2) is 15.2. The standard InChI is InChI=1S/C58H38N2S2/c1-5-13-39(14-6-1)41-21-25-47(26-22-41)59(45-17-9-3-10-18-45)49-29-31-51-53-33-43-34-54-52-32-30-50(38-58(52)62-56(54)36-44(43)35-55(53)61-57(51)37-49)60(46-19-11-4-12-20-46)48-27-23-42(24-28-48)40-15-7-2-8-16-40/h1-38H. The summed E-state index contributed by atoms with van der Waals surface area (Å²) in [5.74, 6) is 0. The first-order valence-corrected chi connectivity index (χ1v) is 22.6. The first-order valence-electron chi connectivity index (χ1n) is 21.0. The minimum absolute atomic E-state index is 1.13. The highest BCUT2D eigenvalue weighted by Gasteiger charge is 2.18. The predicted molar refractivity (Wildman–Crippen MR) is 270 cm³/mol. The molecule has 4 heteroatoms. The van der Waals surface area contributed by atoms with Crippen LogP contribution in [-0.4, -0.2) is 0 Å². The lowest BCUT2D eigenvalue weighted by molar-refractivity contribution is 1.29. The van der Waals surface area contributed by atoms with Crippen molar-refractivity contribution in [3.8, 4) is 22.3 Å². The van der Waals surface area contributed by atoms with E-state index in [9.17, 15) is 0 Å². The predicted octanol–water partition coefficient (Wildman–Crippen LogP) is 17.8. The molecule has 0 bridgehead atoms. The zero-order valence-electron chi connectivity index (χ0n) is 33.7. The van der Waals surface area contributed by atoms with Crippen molar-refractivity contribution in [2.75, 3.05) is 9.80 Å². The zero-order valence-corrected chi connectivity index (χ0v) is 35.3. The summed E-state index contributed by atoms with van der Waals surface area (Å²) in [5.41, 5.74) is 11.7. The summed E-state index contributed by atoms with van der Waals surface area (Å²) in [5, 5.41) is 7.74. The lowest BCUT2D eigenvalue weighted by Crippen LogP contribution is -2.09. The molecule has 0 aliphatic rings. The number of benzene rings is 10. The van der Waals surface area contributed by atoms with Crippen molar-refractivity contribution in [2.45, 2.75) is 0 Å². The van der Waals surface area contributed by atoms with Gasteiger partial charge >= 0.3 is 0 Å². The molecule has 10 aromatic carbocycles. The third-order valence-electron chi connectivity index (χ3n) is 12.0. The average molecular weight is 827 g/mol. The van der Waals surface area contributed by atoms with E-state index in [1.807, 2.05) is 22.7 Å². The van der Waals surface area contributed by atoms with Crippen molar-refractivity contribution in [3.63, 3.8) is 0 Å². The van der Waals surface area contributed by atoms with Crippen LogP contribution in [0.2, 0.25) is 0 Å². The minimum Gasteiger partial charge on any atom is -0.310 e. The van der Waals surface area contributed by atoms with E-state index in [0.717, 1.165) is 34.1 Å². The molecule has 0 fully saturated rings. The molecule has 0 saturated carbocycles. The van der Waals surface area contributed by atoms with E-state index >= 15 is 0 Å². The number of thiophene rings is 2. The lowest BCUT2D eigenvalue weighted by atomic mass is 10.0. The largest absolute Gasteiger partial charge is 0.310 e. The highest BCUT2D eigenvalue weighted by Crippen LogP contribution is 2.45. The van der Waals surface area contributed by atoms with Crippen LogP contribution in [0.3, 0.4) is 0 Å². The Morgan fingerprint density at radius 1 is 0.226 bits per heavy atom. The van der Waals surface area contributed by atoms with Crippen molar-refractivity contribution in [3.05, 3.63) is 231 Å². The van der Waals surface area contributed by atoms with Crippen LogP contribution < -0.4 is 9.80 Å². The Bertz CT molecular complexity index is 3310. The van der Waals surface area contributed by atoms with E-state index in [1.54, 1.807) is 0 Å². The Kier molecular flexibility index (Phi) is 8.91. The van der Waals surface area contributed by atoms with Crippen LogP contribution in [0.4, 0.5) is 34.1 Å². The molecule has 0 unspecified atom stereocenters. The van der Waals surface area contributed by atoms with E-state index in [4.69, 9.17) is 0 Å². The van der Waals surface area contributed by atoms with Gasteiger partial charge in [-0.25, -0.2) is 0 Å². The van der Waals surface area contributed by atoms with E-state index in [0.29, 0.717) is 0 Å². The maximum Gasteiger partial charge on any atom is 0.0476 e. The minimum atomic E-state index is 1.13. The van der Waals surface area contributed by atoms with Crippen molar-refractivity contribution in [2.24, 2.45) is 0 Å². The number of rotatable bonds is 8. The maximum atomic E-state index is 2.41. The fourth-order valence-electron chi connectivity index (χ4n) is 8.96. The number of nitrogens with zero attached hydrogens (tertiary/aromatic N) is 2. The van der Waals surface area contributed by atoms with E-state index in [1.165, 1.54) is 73.4 Å². The van der Waals surface area contributed by atoms with E-state index in [-0.39, 0.29) is 0 Å². The van der Waals surface area contributed by atoms with Gasteiger partial charge in [-0.15, -0.1) is 22.7 Å². The number of fused-ring (bicyclic) bond motifs is 7. The van der Waals surface area contributed by atoms with Crippen LogP contribution >= 0.6 is 22.7 Å². The molecule has 0 radical (unpaired) electrons. The lowest BCUT2D eigenvalue weighted by Gasteiger charge is -2.25. The molecule has 0 spiro atoms. The Morgan fingerprint density at radius 2 is 0.532 bits per heavy atom. The summed E-state index contributed by atoms with van der Waals surface area (Å²) in [7, 11) is 0. The Balaban J connectivity index is 0.911. The van der Waals surface area contributed by atoms with Gasteiger partial charge in [-0.3, -0.25) is 0 Å². The van der Waals surface area contributed by atoms with Gasteiger partial charge in [0.25, 0.3) is 0 Å². The Labute approximate surface area is 368 Å². The van der Waals surface area contributed by atoms with Gasteiger partial charge in [0.05, 0.1) is 0 Å². The van der Waals surface area contributed by atoms with Crippen LogP contribution in [0.5, 0.6) is 0 Å². The van der Waals surface area contributed by atoms with Crippen molar-refractivity contribution < 1.29 is 0 Å². The normalized spacial score (nSPS) is 11.5. The third kappa shape index (κ3) is 6.49. The molecule has 2 nitrogen and oxygen atoms in total. The van der Waals surface area contributed by atoms with Gasteiger partial charge in [-0.05, 0) is 130 Å². The van der Waals surface area contributed by atoms with Gasteiger partial charge in [0.15, 0.2) is 0 Å². The summed E-state index contributed by atoms with van der Waals surface area (Å²) >= 11 is 3.76. The molecule has 0 aliphatic carbocycles. The van der Waals surface area contributed by atoms with Crippen molar-refractivity contribution >= 4 is 108 Å². The van der Waals surface area contributed by atoms with Gasteiger partial charge in [0.2, 0.25) is 0 Å². The fourth-order valence-corrected chi connectivity index (χ4v) is 11.3. The molecule has 0 saturated heterocycles. The summed E-state index contributed by atoms with van der Waals surface area (Å²) in [6.07, 6.45) is 0. The third-order valence-corrected chi connectivity index (χ3v) is 14.2. The highest BCUT2D eigenvalue weighted by atomic mass is 32.1. The second-order valence-electron chi connectivity index (χ2n) is 15.8. The van der Waals surface area contributed by atoms with Crippen LogP contribution in [0.15, 0.2) is 231 Å². The number of hydrogen-bond acceptors (Lipinski definition) is 4. The van der Waals surface area contributed by atoms with Crippen molar-refractivity contribution in [1.82, 2.24) is 0 Å². The number of hydrogen-bond donors (Lipinski definition) is 0. The van der Waals surface area contributed by atoms with Crippen LogP contribution in [0, 0.1) is 0 Å². The molecule has 12 aromatic rings. The maximum absolute atomic E-state index is 2.41. The van der Waals surface area contributed by atoms with Crippen molar-refractivity contribution in [1.29, 1.82) is 0 Å². The monoisotopic (exact) mass is 826 g/mol. The summed E-state index contributed by atoms with van der Waals surface area (Å²) in [6.45, 7) is 0. The molecule has 0 atom stereocenters. The summed E-state index contributed by atoms with van der Waals surface area (Å²) < 4.78 is 5.18. The quantitative estimate of drug-likeness (QED) is 0.151. The first kappa shape index (κ1) is 36.4. The molecule has 0 amide bonds. The van der Waals surface area contributed by atoms with E-state index in [2.05, 4.69) is 240 Å². The van der Waals surface area contributed by atoms with Crippen LogP contribution in [0.1, 0.15) is 0 Å². The molecular formula is C58H38N2S2. The molecule has 2 heterocycles. The van der Waals surface area contributed by atoms with E-state index < -0.39 is 0 Å². The molecule has 12 rings (SSSR count). The topological polar surface area (TPSA) is 6.48 Å². The molecule has 2 aromatic heterocycles.